The number of unbranched alkanes of at least 4 members (excludes halogenated alkanes) is 42. The molecule has 0 unspecified atom stereocenters. The van der Waals surface area contributed by atoms with E-state index in [1.165, 1.54) is 238 Å². The van der Waals surface area contributed by atoms with E-state index in [0.29, 0.717) is 19.3 Å². The first-order chi connectivity index (χ1) is 32.5. The Hall–Kier alpha value is -1.85. The van der Waals surface area contributed by atoms with E-state index >= 15 is 0 Å². The molecule has 0 amide bonds. The summed E-state index contributed by atoms with van der Waals surface area (Å²) in [6.07, 6.45) is 63.4. The van der Waals surface area contributed by atoms with Crippen LogP contribution in [-0.4, -0.2) is 37.2 Å². The molecule has 0 bridgehead atoms. The molecule has 0 saturated carbocycles. The van der Waals surface area contributed by atoms with Crippen molar-refractivity contribution in [2.24, 2.45) is 0 Å². The SMILES string of the molecule is CCCCCCCC/C=C\CCCCCCCCCC(=O)O[C@H](COC(=O)CCCCCCCCCCCCCCC)COC(=O)CCCCCCCCCCCCCCCCCCCC. The highest BCUT2D eigenvalue weighted by Gasteiger charge is 2.19. The van der Waals surface area contributed by atoms with Gasteiger partial charge in [-0.15, -0.1) is 0 Å². The smallest absolute Gasteiger partial charge is 0.306 e. The zero-order chi connectivity index (χ0) is 47.9. The van der Waals surface area contributed by atoms with Gasteiger partial charge in [0.05, 0.1) is 0 Å². The number of esters is 3. The van der Waals surface area contributed by atoms with Crippen LogP contribution in [0, 0.1) is 0 Å². The monoisotopic (exact) mass is 931 g/mol. The summed E-state index contributed by atoms with van der Waals surface area (Å²) in [5.41, 5.74) is 0. The largest absolute Gasteiger partial charge is 0.462 e. The average molecular weight is 932 g/mol. The van der Waals surface area contributed by atoms with Crippen LogP contribution in [0.5, 0.6) is 0 Å². The Bertz CT molecular complexity index is 1020. The van der Waals surface area contributed by atoms with Crippen molar-refractivity contribution in [1.29, 1.82) is 0 Å². The van der Waals surface area contributed by atoms with Crippen LogP contribution in [0.4, 0.5) is 0 Å². The van der Waals surface area contributed by atoms with Crippen molar-refractivity contribution < 1.29 is 28.6 Å². The Morgan fingerprint density at radius 2 is 0.500 bits per heavy atom. The van der Waals surface area contributed by atoms with Gasteiger partial charge in [-0.25, -0.2) is 0 Å². The zero-order valence-electron chi connectivity index (χ0n) is 44.7. The van der Waals surface area contributed by atoms with Gasteiger partial charge < -0.3 is 14.2 Å². The van der Waals surface area contributed by atoms with E-state index in [2.05, 4.69) is 32.9 Å². The van der Waals surface area contributed by atoms with Gasteiger partial charge in [0.25, 0.3) is 0 Å². The topological polar surface area (TPSA) is 78.9 Å². The molecule has 0 saturated heterocycles. The van der Waals surface area contributed by atoms with E-state index in [1.54, 1.807) is 0 Å². The third-order valence-corrected chi connectivity index (χ3v) is 13.5. The predicted molar refractivity (Wildman–Crippen MR) is 284 cm³/mol. The first-order valence-electron chi connectivity index (χ1n) is 29.7. The molecular formula is C60H114O6. The molecule has 0 N–H and O–H groups in total. The molecule has 6 nitrogen and oxygen atoms in total. The fourth-order valence-corrected chi connectivity index (χ4v) is 9.03. The Morgan fingerprint density at radius 3 is 0.758 bits per heavy atom. The molecular weight excluding hydrogens is 817 g/mol. The molecule has 1 atom stereocenters. The Kier molecular flexibility index (Phi) is 54.2. The van der Waals surface area contributed by atoms with E-state index < -0.39 is 6.10 Å². The number of ether oxygens (including phenoxy) is 3. The van der Waals surface area contributed by atoms with E-state index in [0.717, 1.165) is 57.8 Å². The fourth-order valence-electron chi connectivity index (χ4n) is 9.03. The van der Waals surface area contributed by atoms with Crippen molar-refractivity contribution in [2.75, 3.05) is 13.2 Å². The molecule has 0 fully saturated rings. The van der Waals surface area contributed by atoms with Gasteiger partial charge in [0.15, 0.2) is 6.10 Å². The molecule has 0 aliphatic rings. The van der Waals surface area contributed by atoms with Gasteiger partial charge in [-0.2, -0.15) is 0 Å². The summed E-state index contributed by atoms with van der Waals surface area (Å²) in [6, 6.07) is 0. The second kappa shape index (κ2) is 55.7. The van der Waals surface area contributed by atoms with Crippen molar-refractivity contribution in [3.05, 3.63) is 12.2 Å². The van der Waals surface area contributed by atoms with Crippen LogP contribution in [-0.2, 0) is 28.6 Å². The third kappa shape index (κ3) is 53.1. The second-order valence-corrected chi connectivity index (χ2v) is 20.3. The van der Waals surface area contributed by atoms with Crippen LogP contribution in [0.2, 0.25) is 0 Å². The number of allylic oxidation sites excluding steroid dienone is 2. The molecule has 0 aliphatic carbocycles. The maximum absolute atomic E-state index is 12.9. The van der Waals surface area contributed by atoms with Crippen molar-refractivity contribution in [3.63, 3.8) is 0 Å². The van der Waals surface area contributed by atoms with E-state index in [4.69, 9.17) is 14.2 Å². The van der Waals surface area contributed by atoms with Gasteiger partial charge in [0.2, 0.25) is 0 Å². The number of carbonyl (C=O) groups excluding carboxylic acids is 3. The Labute approximate surface area is 411 Å². The molecule has 0 aromatic heterocycles. The summed E-state index contributed by atoms with van der Waals surface area (Å²) in [4.78, 5) is 38.2. The molecule has 0 aliphatic heterocycles. The minimum atomic E-state index is -0.766. The van der Waals surface area contributed by atoms with Gasteiger partial charge in [0, 0.05) is 19.3 Å². The third-order valence-electron chi connectivity index (χ3n) is 13.5. The summed E-state index contributed by atoms with van der Waals surface area (Å²) in [5, 5.41) is 0. The molecule has 0 aromatic rings. The van der Waals surface area contributed by atoms with Crippen molar-refractivity contribution >= 4 is 17.9 Å². The van der Waals surface area contributed by atoms with Gasteiger partial charge in [-0.1, -0.05) is 283 Å². The van der Waals surface area contributed by atoms with E-state index in [1.807, 2.05) is 0 Å². The number of carbonyl (C=O) groups is 3. The fraction of sp³-hybridized carbons (Fsp3) is 0.917. The summed E-state index contributed by atoms with van der Waals surface area (Å²) in [6.45, 7) is 6.69. The highest BCUT2D eigenvalue weighted by molar-refractivity contribution is 5.71. The number of rotatable bonds is 55. The van der Waals surface area contributed by atoms with Crippen molar-refractivity contribution in [2.45, 2.75) is 341 Å². The van der Waals surface area contributed by atoms with Crippen LogP contribution in [0.15, 0.2) is 12.2 Å². The van der Waals surface area contributed by atoms with E-state index in [9.17, 15) is 14.4 Å². The Balaban J connectivity index is 4.30. The molecule has 66 heavy (non-hydrogen) atoms. The minimum Gasteiger partial charge on any atom is -0.462 e. The van der Waals surface area contributed by atoms with E-state index in [-0.39, 0.29) is 31.1 Å². The average Bonchev–Trinajstić information content (AvgIpc) is 3.31. The lowest BCUT2D eigenvalue weighted by Crippen LogP contribution is -2.30. The molecule has 0 spiro atoms. The van der Waals surface area contributed by atoms with Gasteiger partial charge in [-0.05, 0) is 44.9 Å². The maximum atomic E-state index is 12.9. The van der Waals surface area contributed by atoms with Crippen LogP contribution >= 0.6 is 0 Å². The molecule has 0 rings (SSSR count). The molecule has 6 heteroatoms. The first kappa shape index (κ1) is 64.2. The van der Waals surface area contributed by atoms with Gasteiger partial charge in [-0.3, -0.25) is 14.4 Å². The van der Waals surface area contributed by atoms with Crippen LogP contribution in [0.3, 0.4) is 0 Å². The van der Waals surface area contributed by atoms with Crippen LogP contribution in [0.1, 0.15) is 335 Å². The number of hydrogen-bond donors (Lipinski definition) is 0. The summed E-state index contributed by atoms with van der Waals surface area (Å²) in [5.74, 6) is -0.844. The maximum Gasteiger partial charge on any atom is 0.306 e. The summed E-state index contributed by atoms with van der Waals surface area (Å²) < 4.78 is 16.9. The Morgan fingerprint density at radius 1 is 0.288 bits per heavy atom. The van der Waals surface area contributed by atoms with Gasteiger partial charge >= 0.3 is 17.9 Å². The predicted octanol–water partition coefficient (Wildman–Crippen LogP) is 19.7. The highest BCUT2D eigenvalue weighted by Crippen LogP contribution is 2.17. The molecule has 0 heterocycles. The van der Waals surface area contributed by atoms with Gasteiger partial charge in [0.1, 0.15) is 13.2 Å². The van der Waals surface area contributed by atoms with Crippen molar-refractivity contribution in [3.8, 4) is 0 Å². The lowest BCUT2D eigenvalue weighted by molar-refractivity contribution is -0.167. The standard InChI is InChI=1S/C60H114O6/c1-4-7-10-13-16-19-22-25-27-29-31-32-35-38-41-44-47-50-53-59(62)65-56-57(55-64-58(61)52-49-46-43-40-37-34-24-21-18-15-12-9-6-3)66-60(63)54-51-48-45-42-39-36-33-30-28-26-23-20-17-14-11-8-5-2/h26,28,57H,4-25,27,29-56H2,1-3H3/b28-26-/t57-/m1/s1. The highest BCUT2D eigenvalue weighted by atomic mass is 16.6. The summed E-state index contributed by atoms with van der Waals surface area (Å²) >= 11 is 0. The van der Waals surface area contributed by atoms with Crippen LogP contribution in [0.25, 0.3) is 0 Å². The second-order valence-electron chi connectivity index (χ2n) is 20.3. The normalized spacial score (nSPS) is 12.0. The lowest BCUT2D eigenvalue weighted by atomic mass is 10.0. The quantitative estimate of drug-likeness (QED) is 0.0262. The lowest BCUT2D eigenvalue weighted by Gasteiger charge is -2.18. The first-order valence-corrected chi connectivity index (χ1v) is 29.7. The van der Waals surface area contributed by atoms with Crippen molar-refractivity contribution in [1.82, 2.24) is 0 Å². The molecule has 390 valence electrons. The summed E-state index contributed by atoms with van der Waals surface area (Å²) in [7, 11) is 0. The number of hydrogen-bond acceptors (Lipinski definition) is 6. The molecule has 0 aromatic carbocycles. The van der Waals surface area contributed by atoms with Crippen LogP contribution < -0.4 is 0 Å². The minimum absolute atomic E-state index is 0.0656. The zero-order valence-corrected chi connectivity index (χ0v) is 44.7. The molecule has 0 radical (unpaired) electrons.